The van der Waals surface area contributed by atoms with Crippen LogP contribution in [0.25, 0.3) is 5.69 Å². The van der Waals surface area contributed by atoms with Crippen LogP contribution in [0, 0.1) is 0 Å². The van der Waals surface area contributed by atoms with Gasteiger partial charge in [-0.05, 0) is 42.5 Å². The molecule has 0 saturated carbocycles. The van der Waals surface area contributed by atoms with Crippen LogP contribution in [0.1, 0.15) is 21.7 Å². The molecule has 0 fully saturated rings. The number of methoxy groups -OCH3 is 4. The van der Waals surface area contributed by atoms with E-state index in [9.17, 15) is 22.8 Å². The normalized spacial score (nSPS) is 11.1. The Hall–Kier alpha value is -4.63. The van der Waals surface area contributed by atoms with Gasteiger partial charge in [0.15, 0.2) is 22.5 Å². The monoisotopic (exact) mass is 665 g/mol. The summed E-state index contributed by atoms with van der Waals surface area (Å²) in [5.74, 6) is 0.306. The zero-order chi connectivity index (χ0) is 32.7. The summed E-state index contributed by atoms with van der Waals surface area (Å²) in [5.41, 5.74) is -0.388. The molecule has 2 amide bonds. The second-order valence-corrected chi connectivity index (χ2v) is 10.4. The number of rotatable bonds is 12. The number of halogens is 4. The van der Waals surface area contributed by atoms with Gasteiger partial charge in [-0.1, -0.05) is 35.5 Å². The molecule has 1 aromatic heterocycles. The fourth-order valence-electron chi connectivity index (χ4n) is 4.15. The van der Waals surface area contributed by atoms with Crippen molar-refractivity contribution in [3.63, 3.8) is 0 Å². The first-order chi connectivity index (χ1) is 21.5. The van der Waals surface area contributed by atoms with Crippen LogP contribution in [0.15, 0.2) is 59.8 Å². The Morgan fingerprint density at radius 3 is 2.20 bits per heavy atom. The number of aromatic nitrogens is 3. The van der Waals surface area contributed by atoms with Gasteiger partial charge < -0.3 is 29.6 Å². The van der Waals surface area contributed by atoms with Gasteiger partial charge in [0.2, 0.25) is 11.7 Å². The molecule has 0 aliphatic rings. The zero-order valence-electron chi connectivity index (χ0n) is 24.3. The number of thioether (sulfide) groups is 1. The van der Waals surface area contributed by atoms with Gasteiger partial charge in [-0.2, -0.15) is 13.2 Å². The minimum absolute atomic E-state index is 0.0522. The molecular weight excluding hydrogens is 639 g/mol. The highest BCUT2D eigenvalue weighted by Crippen LogP contribution is 2.38. The van der Waals surface area contributed by atoms with Crippen LogP contribution in [0.4, 0.5) is 18.9 Å². The van der Waals surface area contributed by atoms with E-state index in [1.165, 1.54) is 40.6 Å². The van der Waals surface area contributed by atoms with Crippen molar-refractivity contribution in [2.24, 2.45) is 0 Å². The van der Waals surface area contributed by atoms with E-state index in [0.717, 1.165) is 30.0 Å². The average molecular weight is 666 g/mol. The third kappa shape index (κ3) is 7.72. The number of hydrogen-bond donors (Lipinski definition) is 2. The summed E-state index contributed by atoms with van der Waals surface area (Å²) in [7, 11) is 5.80. The van der Waals surface area contributed by atoms with Crippen LogP contribution >= 0.6 is 23.4 Å². The molecule has 1 heterocycles. The van der Waals surface area contributed by atoms with Crippen LogP contribution in [0.2, 0.25) is 5.02 Å². The number of ether oxygens (including phenoxy) is 4. The highest BCUT2D eigenvalue weighted by molar-refractivity contribution is 7.99. The molecule has 3 aromatic carbocycles. The fraction of sp³-hybridized carbons (Fsp3) is 0.241. The summed E-state index contributed by atoms with van der Waals surface area (Å²) in [6.07, 6.45) is -4.61. The number of nitrogens with zero attached hydrogens (tertiary/aromatic N) is 3. The second kappa shape index (κ2) is 14.4. The quantitative estimate of drug-likeness (QED) is 0.185. The first-order valence-corrected chi connectivity index (χ1v) is 14.3. The molecule has 16 heteroatoms. The van der Waals surface area contributed by atoms with Gasteiger partial charge in [0.25, 0.3) is 5.91 Å². The SMILES string of the molecule is COc1ccccc1-n1c(CNC(=O)c2cc(OC)c(OC)c(OC)c2)nnc1SCC(=O)Nc1cc(C(F)(F)F)ccc1Cl. The minimum Gasteiger partial charge on any atom is -0.495 e. The lowest BCUT2D eigenvalue weighted by Gasteiger charge is -2.15. The highest BCUT2D eigenvalue weighted by Gasteiger charge is 2.31. The summed E-state index contributed by atoms with van der Waals surface area (Å²) < 4.78 is 62.5. The van der Waals surface area contributed by atoms with Crippen molar-refractivity contribution < 1.29 is 41.7 Å². The van der Waals surface area contributed by atoms with E-state index in [-0.39, 0.29) is 33.7 Å². The molecular formula is C29H27ClF3N5O6S. The van der Waals surface area contributed by atoms with E-state index in [0.29, 0.717) is 34.5 Å². The maximum Gasteiger partial charge on any atom is 0.416 e. The standard InChI is InChI=1S/C29H27ClF3N5O6S/c1-41-21-8-6-5-7-20(21)38-24(14-34-27(40)16-11-22(42-2)26(44-4)23(12-16)43-3)36-37-28(38)45-15-25(39)35-19-13-17(29(31,32)33)9-10-18(19)30/h5-13H,14-15H2,1-4H3,(H,34,40)(H,35,39). The number of amides is 2. The van der Waals surface area contributed by atoms with Gasteiger partial charge in [-0.3, -0.25) is 14.2 Å². The smallest absolute Gasteiger partial charge is 0.416 e. The molecule has 0 spiro atoms. The first-order valence-electron chi connectivity index (χ1n) is 13.0. The Bertz CT molecular complexity index is 1680. The molecule has 0 aliphatic heterocycles. The number of nitrogens with one attached hydrogen (secondary N) is 2. The average Bonchev–Trinajstić information content (AvgIpc) is 3.44. The molecule has 0 atom stereocenters. The zero-order valence-corrected chi connectivity index (χ0v) is 25.9. The predicted molar refractivity (Wildman–Crippen MR) is 161 cm³/mol. The van der Waals surface area contributed by atoms with Crippen LogP contribution < -0.4 is 29.6 Å². The van der Waals surface area contributed by atoms with Gasteiger partial charge in [0.1, 0.15) is 5.75 Å². The highest BCUT2D eigenvalue weighted by atomic mass is 35.5. The number of hydrogen-bond acceptors (Lipinski definition) is 9. The Labute approximate surface area is 265 Å². The molecule has 0 unspecified atom stereocenters. The van der Waals surface area contributed by atoms with Gasteiger partial charge >= 0.3 is 6.18 Å². The molecule has 4 rings (SSSR count). The lowest BCUT2D eigenvalue weighted by atomic mass is 10.1. The largest absolute Gasteiger partial charge is 0.495 e. The number of benzene rings is 3. The maximum absolute atomic E-state index is 13.2. The van der Waals surface area contributed by atoms with Crippen molar-refractivity contribution in [1.82, 2.24) is 20.1 Å². The Balaban J connectivity index is 1.57. The predicted octanol–water partition coefficient (Wildman–Crippen LogP) is 5.63. The molecule has 11 nitrogen and oxygen atoms in total. The summed E-state index contributed by atoms with van der Waals surface area (Å²) in [6, 6.07) is 12.6. The third-order valence-corrected chi connectivity index (χ3v) is 7.52. The van der Waals surface area contributed by atoms with Gasteiger partial charge in [0, 0.05) is 5.56 Å². The van der Waals surface area contributed by atoms with E-state index >= 15 is 0 Å². The minimum atomic E-state index is -4.61. The van der Waals surface area contributed by atoms with Crippen LogP contribution in [-0.4, -0.2) is 60.8 Å². The molecule has 4 aromatic rings. The van der Waals surface area contributed by atoms with E-state index in [4.69, 9.17) is 30.5 Å². The topological polar surface area (TPSA) is 126 Å². The molecule has 0 saturated heterocycles. The van der Waals surface area contributed by atoms with Crippen molar-refractivity contribution in [2.45, 2.75) is 17.9 Å². The molecule has 0 bridgehead atoms. The maximum atomic E-state index is 13.2. The number of carbonyl (C=O) groups excluding carboxylic acids is 2. The molecule has 0 aliphatic carbocycles. The molecule has 0 radical (unpaired) electrons. The van der Waals surface area contributed by atoms with Gasteiger partial charge in [0.05, 0.1) is 62.7 Å². The van der Waals surface area contributed by atoms with E-state index < -0.39 is 23.6 Å². The lowest BCUT2D eigenvalue weighted by Crippen LogP contribution is -2.25. The van der Waals surface area contributed by atoms with Crippen molar-refractivity contribution in [2.75, 3.05) is 39.5 Å². The van der Waals surface area contributed by atoms with Crippen LogP contribution in [0.5, 0.6) is 23.0 Å². The van der Waals surface area contributed by atoms with E-state index in [1.807, 2.05) is 0 Å². The molecule has 2 N–H and O–H groups in total. The Kier molecular flexibility index (Phi) is 10.7. The van der Waals surface area contributed by atoms with Crippen LogP contribution in [-0.2, 0) is 17.5 Å². The summed E-state index contributed by atoms with van der Waals surface area (Å²) >= 11 is 6.99. The van der Waals surface area contributed by atoms with Crippen molar-refractivity contribution in [3.8, 4) is 28.7 Å². The van der Waals surface area contributed by atoms with Crippen molar-refractivity contribution >= 4 is 40.9 Å². The van der Waals surface area contributed by atoms with Crippen molar-refractivity contribution in [3.05, 3.63) is 76.6 Å². The lowest BCUT2D eigenvalue weighted by molar-refractivity contribution is -0.137. The number of anilines is 1. The fourth-order valence-corrected chi connectivity index (χ4v) is 5.08. The number of para-hydroxylation sites is 2. The summed E-state index contributed by atoms with van der Waals surface area (Å²) in [4.78, 5) is 25.9. The van der Waals surface area contributed by atoms with E-state index in [2.05, 4.69) is 20.8 Å². The summed E-state index contributed by atoms with van der Waals surface area (Å²) in [6.45, 7) is -0.0901. The van der Waals surface area contributed by atoms with Gasteiger partial charge in [-0.15, -0.1) is 10.2 Å². The van der Waals surface area contributed by atoms with Crippen molar-refractivity contribution in [1.29, 1.82) is 0 Å². The third-order valence-electron chi connectivity index (χ3n) is 6.26. The Morgan fingerprint density at radius 2 is 1.58 bits per heavy atom. The molecule has 45 heavy (non-hydrogen) atoms. The second-order valence-electron chi connectivity index (χ2n) is 9.03. The van der Waals surface area contributed by atoms with E-state index in [1.54, 1.807) is 28.8 Å². The molecule has 238 valence electrons. The number of carbonyl (C=O) groups is 2. The first kappa shape index (κ1) is 33.3. The summed E-state index contributed by atoms with van der Waals surface area (Å²) in [5, 5.41) is 13.8. The van der Waals surface area contributed by atoms with Crippen LogP contribution in [0.3, 0.4) is 0 Å². The number of alkyl halides is 3. The Morgan fingerprint density at radius 1 is 0.911 bits per heavy atom. The van der Waals surface area contributed by atoms with Gasteiger partial charge in [-0.25, -0.2) is 0 Å².